The number of hydrogen-bond acceptors (Lipinski definition) is 4. The summed E-state index contributed by atoms with van der Waals surface area (Å²) in [5.41, 5.74) is -0.762. The fourth-order valence-corrected chi connectivity index (χ4v) is 4.53. The maximum Gasteiger partial charge on any atom is 0.419 e. The highest BCUT2D eigenvalue weighted by Gasteiger charge is 2.40. The van der Waals surface area contributed by atoms with E-state index in [0.717, 1.165) is 0 Å². The molecule has 3 heterocycles. The van der Waals surface area contributed by atoms with Gasteiger partial charge in [-0.3, -0.25) is 14.5 Å². The predicted octanol–water partition coefficient (Wildman–Crippen LogP) is 4.46. The minimum absolute atomic E-state index is 0.147. The molecule has 2 aliphatic heterocycles. The Morgan fingerprint density at radius 3 is 2.43 bits per heavy atom. The maximum atomic E-state index is 14.5. The first-order valence-electron chi connectivity index (χ1n) is 10.8. The van der Waals surface area contributed by atoms with Gasteiger partial charge in [0.1, 0.15) is 18.3 Å². The summed E-state index contributed by atoms with van der Waals surface area (Å²) >= 11 is 0. The minimum atomic E-state index is -4.98. The van der Waals surface area contributed by atoms with Gasteiger partial charge in [-0.2, -0.15) is 13.2 Å². The van der Waals surface area contributed by atoms with E-state index in [1.54, 1.807) is 0 Å². The number of amides is 1. The van der Waals surface area contributed by atoms with E-state index >= 15 is 0 Å². The van der Waals surface area contributed by atoms with E-state index in [9.17, 15) is 31.5 Å². The quantitative estimate of drug-likeness (QED) is 0.457. The van der Waals surface area contributed by atoms with Crippen molar-refractivity contribution in [1.29, 1.82) is 0 Å². The van der Waals surface area contributed by atoms with Crippen molar-refractivity contribution in [1.82, 2.24) is 10.3 Å². The molecule has 2 aromatic carbocycles. The lowest BCUT2D eigenvalue weighted by atomic mass is 10.0. The summed E-state index contributed by atoms with van der Waals surface area (Å²) in [5, 5.41) is 3.22. The van der Waals surface area contributed by atoms with Crippen LogP contribution < -0.4 is 20.7 Å². The zero-order valence-corrected chi connectivity index (χ0v) is 18.3. The maximum absolute atomic E-state index is 14.5. The molecule has 1 atom stereocenters. The Morgan fingerprint density at radius 2 is 1.69 bits per heavy atom. The zero-order valence-electron chi connectivity index (χ0n) is 18.3. The number of aromatic nitrogens is 1. The van der Waals surface area contributed by atoms with Gasteiger partial charge in [0.25, 0.3) is 5.91 Å². The van der Waals surface area contributed by atoms with Gasteiger partial charge in [-0.1, -0.05) is 0 Å². The number of benzene rings is 2. The first kappa shape index (κ1) is 23.0. The number of rotatable bonds is 0. The normalized spacial score (nSPS) is 17.9. The van der Waals surface area contributed by atoms with Gasteiger partial charge in [0, 0.05) is 36.5 Å². The minimum Gasteiger partial charge on any atom is -0.324 e. The Labute approximate surface area is 196 Å². The molecule has 6 nitrogen and oxygen atoms in total. The van der Waals surface area contributed by atoms with Crippen molar-refractivity contribution in [3.63, 3.8) is 0 Å². The summed E-state index contributed by atoms with van der Waals surface area (Å²) in [6, 6.07) is 7.50. The van der Waals surface area contributed by atoms with Crippen LogP contribution in [0.4, 0.5) is 39.0 Å². The fourth-order valence-electron chi connectivity index (χ4n) is 4.53. The van der Waals surface area contributed by atoms with Crippen molar-refractivity contribution < 1.29 is 26.7 Å². The van der Waals surface area contributed by atoms with Crippen molar-refractivity contribution in [2.24, 2.45) is 0 Å². The number of aromatic amines is 1. The highest BCUT2D eigenvalue weighted by atomic mass is 19.4. The standard InChI is InChI=1S/C24H19F5N4O2/c1-12-6-18-20(4-5-22(34)31-18)33-11-32(19-3-2-14(25)7-13(19)10-30-12)21-9-16(24(27,28)29)17(26)8-15(21)23(33)35/h2-5,7-9,12,30H,6,10-11H2,1H3,(H,31,34). The molecule has 11 heteroatoms. The number of fused-ring (bicyclic) bond motifs is 8. The summed E-state index contributed by atoms with van der Waals surface area (Å²) in [5.74, 6) is -2.84. The smallest absolute Gasteiger partial charge is 0.324 e. The third kappa shape index (κ3) is 4.05. The summed E-state index contributed by atoms with van der Waals surface area (Å²) < 4.78 is 69.3. The van der Waals surface area contributed by atoms with Crippen LogP contribution in [0.2, 0.25) is 0 Å². The van der Waals surface area contributed by atoms with E-state index in [4.69, 9.17) is 0 Å². The first-order valence-corrected chi connectivity index (χ1v) is 10.8. The van der Waals surface area contributed by atoms with Crippen LogP contribution in [0.3, 0.4) is 0 Å². The number of carbonyl (C=O) groups is 1. The van der Waals surface area contributed by atoms with Crippen molar-refractivity contribution in [2.75, 3.05) is 16.5 Å². The molecule has 1 unspecified atom stereocenters. The second kappa shape index (κ2) is 8.19. The van der Waals surface area contributed by atoms with E-state index in [-0.39, 0.29) is 30.5 Å². The number of alkyl halides is 3. The molecule has 2 aliphatic rings. The summed E-state index contributed by atoms with van der Waals surface area (Å²) in [6.45, 7) is 1.77. The average Bonchev–Trinajstić information content (AvgIpc) is 2.79. The van der Waals surface area contributed by atoms with Crippen LogP contribution in [-0.4, -0.2) is 23.6 Å². The lowest BCUT2D eigenvalue weighted by Crippen LogP contribution is -2.46. The third-order valence-corrected chi connectivity index (χ3v) is 6.19. The van der Waals surface area contributed by atoms with E-state index < -0.39 is 34.8 Å². The molecule has 0 spiro atoms. The monoisotopic (exact) mass is 490 g/mol. The Morgan fingerprint density at radius 1 is 0.943 bits per heavy atom. The molecule has 5 rings (SSSR count). The lowest BCUT2D eigenvalue weighted by Gasteiger charge is -2.39. The molecule has 35 heavy (non-hydrogen) atoms. The Balaban J connectivity index is 1.80. The van der Waals surface area contributed by atoms with Crippen LogP contribution in [0.25, 0.3) is 0 Å². The van der Waals surface area contributed by atoms with E-state index in [2.05, 4.69) is 10.3 Å². The third-order valence-electron chi connectivity index (χ3n) is 6.19. The molecule has 3 aromatic rings. The van der Waals surface area contributed by atoms with Crippen molar-refractivity contribution in [3.8, 4) is 0 Å². The predicted molar refractivity (Wildman–Crippen MR) is 119 cm³/mol. The van der Waals surface area contributed by atoms with Crippen molar-refractivity contribution in [3.05, 3.63) is 86.8 Å². The van der Waals surface area contributed by atoms with Crippen molar-refractivity contribution >= 4 is 23.0 Å². The number of halogens is 5. The molecule has 1 aromatic heterocycles. The van der Waals surface area contributed by atoms with Gasteiger partial charge in [0.15, 0.2) is 0 Å². The van der Waals surface area contributed by atoms with Gasteiger partial charge in [0.2, 0.25) is 5.56 Å². The van der Waals surface area contributed by atoms with Gasteiger partial charge in [0.05, 0.1) is 22.5 Å². The van der Waals surface area contributed by atoms with Gasteiger partial charge in [-0.15, -0.1) is 0 Å². The van der Waals surface area contributed by atoms with Gasteiger partial charge < -0.3 is 15.2 Å². The molecule has 2 bridgehead atoms. The van der Waals surface area contributed by atoms with E-state index in [1.165, 1.54) is 40.1 Å². The number of hydrogen-bond donors (Lipinski definition) is 2. The Hall–Kier alpha value is -3.73. The largest absolute Gasteiger partial charge is 0.419 e. The van der Waals surface area contributed by atoms with Gasteiger partial charge >= 0.3 is 6.18 Å². The van der Waals surface area contributed by atoms with Crippen molar-refractivity contribution in [2.45, 2.75) is 32.1 Å². The molecular formula is C24H19F5N4O2. The van der Waals surface area contributed by atoms with Gasteiger partial charge in [-0.05, 0) is 48.9 Å². The molecule has 0 radical (unpaired) electrons. The highest BCUT2D eigenvalue weighted by Crippen LogP contribution is 2.42. The number of pyridine rings is 1. The second-order valence-corrected chi connectivity index (χ2v) is 8.60. The molecule has 0 saturated carbocycles. The number of anilines is 3. The molecule has 1 amide bonds. The summed E-state index contributed by atoms with van der Waals surface area (Å²) in [4.78, 5) is 30.9. The van der Waals surface area contributed by atoms with Crippen LogP contribution in [0.1, 0.15) is 34.1 Å². The number of nitrogens with one attached hydrogen (secondary N) is 2. The molecule has 2 N–H and O–H groups in total. The molecule has 182 valence electrons. The van der Waals surface area contributed by atoms with Crippen LogP contribution in [-0.2, 0) is 19.1 Å². The lowest BCUT2D eigenvalue weighted by molar-refractivity contribution is -0.139. The molecule has 0 saturated heterocycles. The van der Waals surface area contributed by atoms with E-state index in [0.29, 0.717) is 41.2 Å². The first-order chi connectivity index (χ1) is 16.5. The molecule has 0 fully saturated rings. The zero-order chi connectivity index (χ0) is 25.1. The van der Waals surface area contributed by atoms with Crippen LogP contribution in [0, 0.1) is 11.6 Å². The van der Waals surface area contributed by atoms with E-state index in [1.807, 2.05) is 6.92 Å². The fraction of sp³-hybridized carbons (Fsp3) is 0.250. The van der Waals surface area contributed by atoms with Crippen LogP contribution >= 0.6 is 0 Å². The summed E-state index contributed by atoms with van der Waals surface area (Å²) in [7, 11) is 0. The second-order valence-electron chi connectivity index (χ2n) is 8.60. The topological polar surface area (TPSA) is 68.4 Å². The number of carbonyl (C=O) groups excluding carboxylic acids is 1. The number of nitrogens with zero attached hydrogens (tertiary/aromatic N) is 2. The van der Waals surface area contributed by atoms with Gasteiger partial charge in [-0.25, -0.2) is 8.78 Å². The number of H-pyrrole nitrogens is 1. The average molecular weight is 490 g/mol. The van der Waals surface area contributed by atoms with Crippen LogP contribution in [0.5, 0.6) is 0 Å². The highest BCUT2D eigenvalue weighted by molar-refractivity contribution is 6.13. The Bertz CT molecular complexity index is 1400. The Kier molecular flexibility index (Phi) is 5.39. The van der Waals surface area contributed by atoms with Crippen LogP contribution in [0.15, 0.2) is 47.3 Å². The summed E-state index contributed by atoms with van der Waals surface area (Å²) in [6.07, 6.45) is -4.68. The molecular weight excluding hydrogens is 471 g/mol. The molecule has 0 aliphatic carbocycles. The SMILES string of the molecule is CC1Cc2[nH]c(=O)ccc2N2CN(c3ccc(F)cc3CN1)c1cc(C(F)(F)F)c(F)cc1C2=O.